The Hall–Kier alpha value is -2.19. The van der Waals surface area contributed by atoms with E-state index in [1.165, 1.54) is 12.1 Å². The second kappa shape index (κ2) is 11.5. The Bertz CT molecular complexity index is 1050. The van der Waals surface area contributed by atoms with Crippen molar-refractivity contribution >= 4 is 11.8 Å². The summed E-state index contributed by atoms with van der Waals surface area (Å²) >= 11 is 0. The average Bonchev–Trinajstić information content (AvgIpc) is 3.12. The molecule has 8 heteroatoms. The van der Waals surface area contributed by atoms with Gasteiger partial charge in [-0.2, -0.15) is 0 Å². The van der Waals surface area contributed by atoms with Crippen molar-refractivity contribution in [3.8, 4) is 0 Å². The number of hydrogen-bond donors (Lipinski definition) is 0. The molecular weight excluding hydrogens is 525 g/mol. The summed E-state index contributed by atoms with van der Waals surface area (Å²) < 4.78 is 21.2. The number of esters is 1. The van der Waals surface area contributed by atoms with Crippen molar-refractivity contribution in [2.75, 3.05) is 26.2 Å². The molecule has 0 spiro atoms. The third kappa shape index (κ3) is 5.70. The van der Waals surface area contributed by atoms with Gasteiger partial charge in [0.1, 0.15) is 18.9 Å². The maximum Gasteiger partial charge on any atom is 0.317 e. The Kier molecular flexibility index (Phi) is 8.56. The molecule has 1 atom stereocenters. The van der Waals surface area contributed by atoms with Gasteiger partial charge in [-0.1, -0.05) is 37.8 Å². The number of Topliss-reactive ketones (excluding diaryl/α,β-unsaturated/α-hetero) is 1. The van der Waals surface area contributed by atoms with E-state index in [0.717, 1.165) is 57.2 Å². The fourth-order valence-electron chi connectivity index (χ4n) is 6.61. The van der Waals surface area contributed by atoms with Crippen molar-refractivity contribution in [2.24, 2.45) is 5.92 Å². The Morgan fingerprint density at radius 3 is 2.50 bits per heavy atom. The smallest absolute Gasteiger partial charge is 0.317 e. The molecule has 1 aliphatic carbocycles. The molecule has 2 aromatic rings. The summed E-state index contributed by atoms with van der Waals surface area (Å²) in [5.74, 6) is -0.0269. The highest BCUT2D eigenvalue weighted by Gasteiger charge is 2.51. The molecule has 0 radical (unpaired) electrons. The predicted octanol–water partition coefficient (Wildman–Crippen LogP) is 1.18. The molecule has 4 fully saturated rings. The van der Waals surface area contributed by atoms with Crippen LogP contribution >= 0.6 is 0 Å². The molecular formula is C28H35BrFN3O3. The van der Waals surface area contributed by atoms with Gasteiger partial charge < -0.3 is 26.2 Å². The molecule has 0 N–H and O–H groups in total. The first-order chi connectivity index (χ1) is 17.0. The normalized spacial score (nSPS) is 26.9. The van der Waals surface area contributed by atoms with Gasteiger partial charge in [-0.05, 0) is 30.5 Å². The fourth-order valence-corrected chi connectivity index (χ4v) is 6.61. The lowest BCUT2D eigenvalue weighted by atomic mass is 9.74. The van der Waals surface area contributed by atoms with Crippen molar-refractivity contribution in [2.45, 2.75) is 69.3 Å². The van der Waals surface area contributed by atoms with E-state index in [9.17, 15) is 14.0 Å². The van der Waals surface area contributed by atoms with Crippen LogP contribution in [0.1, 0.15) is 62.6 Å². The third-order valence-corrected chi connectivity index (χ3v) is 8.53. The summed E-state index contributed by atoms with van der Waals surface area (Å²) in [5, 5.41) is 0. The summed E-state index contributed by atoms with van der Waals surface area (Å²) in [6.45, 7) is 3.01. The van der Waals surface area contributed by atoms with Crippen LogP contribution in [0.3, 0.4) is 0 Å². The number of carbonyl (C=O) groups excluding carboxylic acids is 2. The van der Waals surface area contributed by atoms with E-state index in [0.29, 0.717) is 42.0 Å². The minimum absolute atomic E-state index is 0. The number of ether oxygens (including phenoxy) is 1. The summed E-state index contributed by atoms with van der Waals surface area (Å²) in [4.78, 5) is 35.1. The van der Waals surface area contributed by atoms with Crippen molar-refractivity contribution in [1.82, 2.24) is 9.97 Å². The van der Waals surface area contributed by atoms with Crippen LogP contribution < -0.4 is 17.0 Å². The molecule has 2 bridgehead atoms. The number of aromatic nitrogens is 2. The van der Waals surface area contributed by atoms with Crippen molar-refractivity contribution in [3.63, 3.8) is 0 Å². The number of halogens is 2. The van der Waals surface area contributed by atoms with Crippen LogP contribution in [-0.4, -0.2) is 58.5 Å². The molecule has 3 aliphatic heterocycles. The number of hydrogen-bond acceptors (Lipinski definition) is 5. The highest BCUT2D eigenvalue weighted by molar-refractivity contribution is 5.83. The molecule has 6 nitrogen and oxygen atoms in total. The van der Waals surface area contributed by atoms with Gasteiger partial charge in [0.15, 0.2) is 11.9 Å². The molecule has 194 valence electrons. The van der Waals surface area contributed by atoms with Gasteiger partial charge in [0.25, 0.3) is 0 Å². The first-order valence-electron chi connectivity index (χ1n) is 13.1. The zero-order valence-corrected chi connectivity index (χ0v) is 22.3. The number of quaternary nitrogens is 1. The van der Waals surface area contributed by atoms with Gasteiger partial charge in [-0.15, -0.1) is 0 Å². The minimum Gasteiger partial charge on any atom is -1.00 e. The number of carbonyl (C=O) groups is 2. The van der Waals surface area contributed by atoms with Crippen LogP contribution in [0.15, 0.2) is 42.9 Å². The second-order valence-corrected chi connectivity index (χ2v) is 10.8. The molecule has 4 aliphatic rings. The van der Waals surface area contributed by atoms with E-state index in [1.807, 2.05) is 6.07 Å². The first kappa shape index (κ1) is 26.9. The van der Waals surface area contributed by atoms with E-state index in [1.54, 1.807) is 24.7 Å². The van der Waals surface area contributed by atoms with Gasteiger partial charge >= 0.3 is 5.97 Å². The van der Waals surface area contributed by atoms with Gasteiger partial charge in [0.2, 0.25) is 0 Å². The Balaban J connectivity index is 0.00000304. The summed E-state index contributed by atoms with van der Waals surface area (Å²) in [6.07, 6.45) is 12.3. The Morgan fingerprint density at radius 2 is 1.83 bits per heavy atom. The van der Waals surface area contributed by atoms with Crippen LogP contribution in [0, 0.1) is 11.7 Å². The molecule has 1 aromatic heterocycles. The molecule has 6 rings (SSSR count). The zero-order valence-electron chi connectivity index (χ0n) is 20.7. The number of piperidine rings is 3. The maximum atomic E-state index is 14.2. The van der Waals surface area contributed by atoms with Crippen molar-refractivity contribution in [3.05, 3.63) is 59.9 Å². The van der Waals surface area contributed by atoms with Gasteiger partial charge in [-0.3, -0.25) is 19.6 Å². The van der Waals surface area contributed by atoms with Crippen molar-refractivity contribution < 1.29 is 40.2 Å². The summed E-state index contributed by atoms with van der Waals surface area (Å²) in [7, 11) is 0. The highest BCUT2D eigenvalue weighted by atomic mass is 79.9. The number of fused-ring (bicyclic) bond motifs is 3. The van der Waals surface area contributed by atoms with Gasteiger partial charge in [0, 0.05) is 37.4 Å². The number of ketones is 1. The quantitative estimate of drug-likeness (QED) is 0.289. The van der Waals surface area contributed by atoms with Crippen LogP contribution in [0.2, 0.25) is 0 Å². The van der Waals surface area contributed by atoms with Crippen LogP contribution in [-0.2, 0) is 26.2 Å². The lowest BCUT2D eigenvalue weighted by Crippen LogP contribution is -3.00. The summed E-state index contributed by atoms with van der Waals surface area (Å²) in [5.41, 5.74) is 0.654. The maximum absolute atomic E-state index is 14.2. The third-order valence-electron chi connectivity index (χ3n) is 8.53. The highest BCUT2D eigenvalue weighted by Crippen LogP contribution is 2.42. The van der Waals surface area contributed by atoms with E-state index in [-0.39, 0.29) is 47.1 Å². The molecule has 0 amide bonds. The van der Waals surface area contributed by atoms with Crippen LogP contribution in [0.25, 0.3) is 0 Å². The fraction of sp³-hybridized carbons (Fsp3) is 0.571. The SMILES string of the molecule is O=C(Cc1cnccn1)C[N+]12CCC(CC1)[C@@H](OC(=O)C1(c3cccc(F)c3)CCCCCC1)C2.[Br-]. The summed E-state index contributed by atoms with van der Waals surface area (Å²) in [6, 6.07) is 6.52. The standard InChI is InChI=1S/C28H35FN3O3.BrH/c29-23-7-5-6-22(16-23)28(10-3-1-2-4-11-28)27(34)35-26-20-32(14-8-21(26)9-15-32)19-25(33)17-24-18-30-12-13-31-24;/h5-7,12-13,16,18,21,26H,1-4,8-11,14-15,17,19-20H2;1H/q+1;/p-1/t21?,26-,32?;/m0./s1. The van der Waals surface area contributed by atoms with E-state index in [2.05, 4.69) is 9.97 Å². The lowest BCUT2D eigenvalue weighted by Gasteiger charge is -2.52. The molecule has 1 saturated carbocycles. The molecule has 4 heterocycles. The largest absolute Gasteiger partial charge is 1.00 e. The lowest BCUT2D eigenvalue weighted by molar-refractivity contribution is -0.939. The van der Waals surface area contributed by atoms with E-state index >= 15 is 0 Å². The monoisotopic (exact) mass is 559 g/mol. The number of nitrogens with zero attached hydrogens (tertiary/aromatic N) is 3. The topological polar surface area (TPSA) is 69.2 Å². The number of rotatable bonds is 7. The Labute approximate surface area is 223 Å². The zero-order chi connectivity index (χ0) is 24.3. The Morgan fingerprint density at radius 1 is 1.08 bits per heavy atom. The van der Waals surface area contributed by atoms with E-state index < -0.39 is 5.41 Å². The van der Waals surface area contributed by atoms with Crippen LogP contribution in [0.4, 0.5) is 4.39 Å². The molecule has 1 aromatic carbocycles. The second-order valence-electron chi connectivity index (χ2n) is 10.8. The minimum atomic E-state index is -0.781. The molecule has 0 unspecified atom stereocenters. The van der Waals surface area contributed by atoms with Gasteiger partial charge in [0.05, 0.1) is 30.6 Å². The predicted molar refractivity (Wildman–Crippen MR) is 129 cm³/mol. The average molecular weight is 561 g/mol. The first-order valence-corrected chi connectivity index (χ1v) is 13.1. The van der Waals surface area contributed by atoms with Gasteiger partial charge in [-0.25, -0.2) is 4.39 Å². The van der Waals surface area contributed by atoms with Crippen molar-refractivity contribution in [1.29, 1.82) is 0 Å². The van der Waals surface area contributed by atoms with Crippen LogP contribution in [0.5, 0.6) is 0 Å². The number of benzene rings is 1. The molecule has 3 saturated heterocycles. The van der Waals surface area contributed by atoms with E-state index in [4.69, 9.17) is 4.74 Å². The molecule has 36 heavy (non-hydrogen) atoms.